The van der Waals surface area contributed by atoms with Gasteiger partial charge in [0.2, 0.25) is 11.8 Å². The molecule has 0 aromatic rings. The van der Waals surface area contributed by atoms with E-state index in [0.717, 1.165) is 18.6 Å². The van der Waals surface area contributed by atoms with E-state index in [1.807, 2.05) is 0 Å². The van der Waals surface area contributed by atoms with Crippen LogP contribution < -0.4 is 5.32 Å². The second kappa shape index (κ2) is 7.58. The van der Waals surface area contributed by atoms with E-state index in [1.165, 1.54) is 19.3 Å². The maximum Gasteiger partial charge on any atom is 0.245 e. The molecule has 1 N–H and O–H groups in total. The number of nitrogens with one attached hydrogen (secondary N) is 1. The highest BCUT2D eigenvalue weighted by molar-refractivity contribution is 7.99. The zero-order valence-electron chi connectivity index (χ0n) is 11.8. The van der Waals surface area contributed by atoms with Crippen LogP contribution in [-0.4, -0.2) is 47.4 Å². The van der Waals surface area contributed by atoms with E-state index < -0.39 is 0 Å². The third kappa shape index (κ3) is 3.92. The lowest BCUT2D eigenvalue weighted by Crippen LogP contribution is -2.61. The van der Waals surface area contributed by atoms with Crippen molar-refractivity contribution in [1.29, 1.82) is 0 Å². The van der Waals surface area contributed by atoms with Crippen LogP contribution in [0.3, 0.4) is 0 Å². The maximum atomic E-state index is 12.5. The first-order valence-corrected chi connectivity index (χ1v) is 8.47. The summed E-state index contributed by atoms with van der Waals surface area (Å²) in [6.45, 7) is 0.806. The molecule has 0 aromatic carbocycles. The van der Waals surface area contributed by atoms with Crippen molar-refractivity contribution in [3.05, 3.63) is 0 Å². The Morgan fingerprint density at radius 2 is 2.05 bits per heavy atom. The van der Waals surface area contributed by atoms with Gasteiger partial charge in [0.05, 0.1) is 12.3 Å². The summed E-state index contributed by atoms with van der Waals surface area (Å²) in [6.07, 6.45) is 10.9. The molecule has 2 rings (SSSR count). The van der Waals surface area contributed by atoms with Crippen LogP contribution in [0.2, 0.25) is 0 Å². The van der Waals surface area contributed by atoms with Gasteiger partial charge in [-0.3, -0.25) is 9.59 Å². The number of hydrogen-bond acceptors (Lipinski definition) is 3. The Labute approximate surface area is 125 Å². The third-order valence-electron chi connectivity index (χ3n) is 4.04. The third-order valence-corrected chi connectivity index (χ3v) is 4.88. The van der Waals surface area contributed by atoms with Crippen molar-refractivity contribution < 1.29 is 9.59 Å². The Morgan fingerprint density at radius 1 is 1.30 bits per heavy atom. The van der Waals surface area contributed by atoms with E-state index >= 15 is 0 Å². The van der Waals surface area contributed by atoms with Gasteiger partial charge in [0, 0.05) is 12.3 Å². The number of thioether (sulfide) groups is 1. The lowest BCUT2D eigenvalue weighted by atomic mass is 9.82. The molecule has 1 aliphatic heterocycles. The zero-order chi connectivity index (χ0) is 14.4. The summed E-state index contributed by atoms with van der Waals surface area (Å²) in [5.41, 5.74) is 0. The standard InChI is InChI=1S/C15H22N2O2S/c1-2-9-20-10-8-17-11-13(18)16-14(15(17)19)12-6-4-3-5-7-12/h1,12,14H,3-11H2,(H,16,18). The van der Waals surface area contributed by atoms with Crippen LogP contribution in [-0.2, 0) is 9.59 Å². The van der Waals surface area contributed by atoms with Crippen LogP contribution >= 0.6 is 11.8 Å². The number of terminal acetylenes is 1. The van der Waals surface area contributed by atoms with Gasteiger partial charge in [-0.1, -0.05) is 25.2 Å². The Morgan fingerprint density at radius 3 is 2.75 bits per heavy atom. The Kier molecular flexibility index (Phi) is 5.78. The Bertz CT molecular complexity index is 399. The Hall–Kier alpha value is -1.15. The summed E-state index contributed by atoms with van der Waals surface area (Å²) in [4.78, 5) is 26.0. The SMILES string of the molecule is C#CCSCCN1CC(=O)NC(C2CCCCC2)C1=O. The fourth-order valence-corrected chi connectivity index (χ4v) is 3.62. The molecule has 4 nitrogen and oxygen atoms in total. The van der Waals surface area contributed by atoms with E-state index in [4.69, 9.17) is 6.42 Å². The summed E-state index contributed by atoms with van der Waals surface area (Å²) in [5.74, 6) is 4.40. The van der Waals surface area contributed by atoms with Crippen LogP contribution in [0.4, 0.5) is 0 Å². The van der Waals surface area contributed by atoms with Gasteiger partial charge in [0.1, 0.15) is 6.04 Å². The number of carbonyl (C=O) groups is 2. The molecular weight excluding hydrogens is 272 g/mol. The first-order valence-electron chi connectivity index (χ1n) is 7.31. The molecule has 0 aromatic heterocycles. The minimum atomic E-state index is -0.297. The summed E-state index contributed by atoms with van der Waals surface area (Å²) in [7, 11) is 0. The molecule has 0 radical (unpaired) electrons. The highest BCUT2D eigenvalue weighted by Gasteiger charge is 2.37. The molecule has 5 heteroatoms. The summed E-state index contributed by atoms with van der Waals surface area (Å²) >= 11 is 1.63. The smallest absolute Gasteiger partial charge is 0.245 e. The van der Waals surface area contributed by atoms with Gasteiger partial charge >= 0.3 is 0 Å². The first-order chi connectivity index (χ1) is 9.72. The summed E-state index contributed by atoms with van der Waals surface area (Å²) in [5, 5.41) is 2.90. The molecule has 1 unspecified atom stereocenters. The van der Waals surface area contributed by atoms with Crippen LogP contribution in [0.15, 0.2) is 0 Å². The average Bonchev–Trinajstić information content (AvgIpc) is 2.47. The largest absolute Gasteiger partial charge is 0.342 e. The summed E-state index contributed by atoms with van der Waals surface area (Å²) < 4.78 is 0. The van der Waals surface area contributed by atoms with Crippen molar-refractivity contribution in [3.8, 4) is 12.3 Å². The van der Waals surface area contributed by atoms with Crippen molar-refractivity contribution in [2.45, 2.75) is 38.1 Å². The number of carbonyl (C=O) groups excluding carboxylic acids is 2. The quantitative estimate of drug-likeness (QED) is 0.613. The zero-order valence-corrected chi connectivity index (χ0v) is 12.6. The van der Waals surface area contributed by atoms with Gasteiger partial charge in [-0.05, 0) is 18.8 Å². The monoisotopic (exact) mass is 294 g/mol. The fraction of sp³-hybridized carbons (Fsp3) is 0.733. The van der Waals surface area contributed by atoms with Gasteiger partial charge in [-0.25, -0.2) is 0 Å². The van der Waals surface area contributed by atoms with E-state index in [1.54, 1.807) is 16.7 Å². The molecule has 20 heavy (non-hydrogen) atoms. The van der Waals surface area contributed by atoms with Crippen molar-refractivity contribution in [1.82, 2.24) is 10.2 Å². The molecule has 0 spiro atoms. The molecule has 2 amide bonds. The molecule has 2 aliphatic rings. The number of hydrogen-bond donors (Lipinski definition) is 1. The normalized spacial score (nSPS) is 24.4. The van der Waals surface area contributed by atoms with Crippen molar-refractivity contribution in [2.24, 2.45) is 5.92 Å². The number of nitrogens with zero attached hydrogens (tertiary/aromatic N) is 1. The lowest BCUT2D eigenvalue weighted by Gasteiger charge is -2.37. The topological polar surface area (TPSA) is 49.4 Å². The van der Waals surface area contributed by atoms with E-state index in [-0.39, 0.29) is 24.4 Å². The molecule has 1 atom stereocenters. The average molecular weight is 294 g/mol. The minimum absolute atomic E-state index is 0.0258. The van der Waals surface area contributed by atoms with E-state index in [0.29, 0.717) is 18.2 Å². The van der Waals surface area contributed by atoms with E-state index in [9.17, 15) is 9.59 Å². The number of rotatable bonds is 5. The molecule has 1 heterocycles. The van der Waals surface area contributed by atoms with Crippen molar-refractivity contribution in [3.63, 3.8) is 0 Å². The van der Waals surface area contributed by atoms with E-state index in [2.05, 4.69) is 11.2 Å². The maximum absolute atomic E-state index is 12.5. The van der Waals surface area contributed by atoms with Gasteiger partial charge < -0.3 is 10.2 Å². The van der Waals surface area contributed by atoms with Gasteiger partial charge in [-0.2, -0.15) is 0 Å². The second-order valence-electron chi connectivity index (χ2n) is 5.46. The number of amides is 2. The molecular formula is C15H22N2O2S. The van der Waals surface area contributed by atoms with Gasteiger partial charge in [0.25, 0.3) is 0 Å². The fourth-order valence-electron chi connectivity index (χ4n) is 3.01. The van der Waals surface area contributed by atoms with Gasteiger partial charge in [-0.15, -0.1) is 18.2 Å². The first kappa shape index (κ1) is 15.2. The van der Waals surface area contributed by atoms with Crippen LogP contribution in [0.1, 0.15) is 32.1 Å². The molecule has 1 saturated heterocycles. The molecule has 1 aliphatic carbocycles. The van der Waals surface area contributed by atoms with Gasteiger partial charge in [0.15, 0.2) is 0 Å². The number of piperazine rings is 1. The molecule has 1 saturated carbocycles. The molecule has 110 valence electrons. The molecule has 0 bridgehead atoms. The molecule has 2 fully saturated rings. The summed E-state index contributed by atoms with van der Waals surface area (Å²) in [6, 6.07) is -0.297. The van der Waals surface area contributed by atoms with Crippen LogP contribution in [0.5, 0.6) is 0 Å². The minimum Gasteiger partial charge on any atom is -0.342 e. The Balaban J connectivity index is 1.90. The second-order valence-corrected chi connectivity index (χ2v) is 6.56. The van der Waals surface area contributed by atoms with Crippen LogP contribution in [0.25, 0.3) is 0 Å². The lowest BCUT2D eigenvalue weighted by molar-refractivity contribution is -0.146. The van der Waals surface area contributed by atoms with Crippen LogP contribution in [0, 0.1) is 18.3 Å². The highest BCUT2D eigenvalue weighted by atomic mass is 32.2. The predicted molar refractivity (Wildman–Crippen MR) is 81.2 cm³/mol. The van der Waals surface area contributed by atoms with Crippen molar-refractivity contribution in [2.75, 3.05) is 24.6 Å². The predicted octanol–water partition coefficient (Wildman–Crippen LogP) is 1.26. The van der Waals surface area contributed by atoms with Crippen molar-refractivity contribution >= 4 is 23.6 Å². The highest BCUT2D eigenvalue weighted by Crippen LogP contribution is 2.28.